The highest BCUT2D eigenvalue weighted by atomic mass is 19.1. The number of nitrogens with zero attached hydrogens (tertiary/aromatic N) is 3. The number of halogens is 1. The summed E-state index contributed by atoms with van der Waals surface area (Å²) in [5.41, 5.74) is 10.4. The minimum atomic E-state index is -0.219. The number of rotatable bonds is 2. The van der Waals surface area contributed by atoms with Crippen LogP contribution in [0.1, 0.15) is 17.0 Å². The van der Waals surface area contributed by atoms with Crippen LogP contribution < -0.4 is 4.57 Å². The van der Waals surface area contributed by atoms with Crippen molar-refractivity contribution < 1.29 is 8.96 Å². The van der Waals surface area contributed by atoms with Gasteiger partial charge in [-0.2, -0.15) is 0 Å². The summed E-state index contributed by atoms with van der Waals surface area (Å²) in [6, 6.07) is 23.7. The van der Waals surface area contributed by atoms with Gasteiger partial charge in [-0.1, -0.05) is 30.3 Å². The average Bonchev–Trinajstić information content (AvgIpc) is 3.31. The molecule has 1 aliphatic heterocycles. The molecule has 3 nitrogen and oxygen atoms in total. The monoisotopic (exact) mass is 406 g/mol. The average molecular weight is 406 g/mol. The second kappa shape index (κ2) is 6.61. The Bertz CT molecular complexity index is 1480. The fourth-order valence-corrected chi connectivity index (χ4v) is 4.76. The van der Waals surface area contributed by atoms with Crippen LogP contribution in [-0.4, -0.2) is 9.55 Å². The maximum atomic E-state index is 13.4. The smallest absolute Gasteiger partial charge is 0.213 e. The first-order chi connectivity index (χ1) is 15.1. The number of aromatic nitrogens is 3. The van der Waals surface area contributed by atoms with E-state index in [0.717, 1.165) is 40.1 Å². The van der Waals surface area contributed by atoms with Gasteiger partial charge in [0.25, 0.3) is 0 Å². The Morgan fingerprint density at radius 2 is 1.74 bits per heavy atom. The third-order valence-electron chi connectivity index (χ3n) is 6.29. The quantitative estimate of drug-likeness (QED) is 0.346. The van der Waals surface area contributed by atoms with E-state index >= 15 is 0 Å². The Morgan fingerprint density at radius 3 is 2.58 bits per heavy atom. The molecule has 1 aliphatic rings. The molecule has 3 heterocycles. The first-order valence-electron chi connectivity index (χ1n) is 10.5. The topological polar surface area (TPSA) is 21.7 Å². The number of hydrogen-bond donors (Lipinski definition) is 0. The predicted octanol–water partition coefficient (Wildman–Crippen LogP) is 5.54. The molecule has 3 aromatic carbocycles. The molecule has 0 atom stereocenters. The summed E-state index contributed by atoms with van der Waals surface area (Å²) in [6.45, 7) is 2.17. The molecular formula is C27H21FN3+. The molecule has 0 saturated heterocycles. The van der Waals surface area contributed by atoms with Gasteiger partial charge in [0, 0.05) is 18.6 Å². The number of aryl methyl sites for hydroxylation is 2. The summed E-state index contributed by atoms with van der Waals surface area (Å²) in [4.78, 5) is 4.89. The fraction of sp³-hybridized carbons (Fsp3) is 0.111. The van der Waals surface area contributed by atoms with E-state index in [1.807, 2.05) is 18.2 Å². The van der Waals surface area contributed by atoms with Crippen molar-refractivity contribution >= 4 is 11.0 Å². The van der Waals surface area contributed by atoms with Gasteiger partial charge >= 0.3 is 0 Å². The lowest BCUT2D eigenvalue weighted by Crippen LogP contribution is -2.31. The Kier molecular flexibility index (Phi) is 3.84. The van der Waals surface area contributed by atoms with Crippen LogP contribution in [0, 0.1) is 12.7 Å². The highest BCUT2D eigenvalue weighted by molar-refractivity contribution is 5.83. The van der Waals surface area contributed by atoms with Crippen molar-refractivity contribution in [2.24, 2.45) is 7.05 Å². The Morgan fingerprint density at radius 1 is 0.935 bits per heavy atom. The second-order valence-electron chi connectivity index (χ2n) is 8.20. The molecule has 6 rings (SSSR count). The van der Waals surface area contributed by atoms with E-state index in [2.05, 4.69) is 71.8 Å². The summed E-state index contributed by atoms with van der Waals surface area (Å²) in [7, 11) is 2.07. The second-order valence-corrected chi connectivity index (χ2v) is 8.20. The van der Waals surface area contributed by atoms with Crippen LogP contribution in [0.2, 0.25) is 0 Å². The first kappa shape index (κ1) is 18.0. The van der Waals surface area contributed by atoms with Crippen LogP contribution in [-0.2, 0) is 13.5 Å². The molecule has 0 saturated carbocycles. The van der Waals surface area contributed by atoms with Crippen molar-refractivity contribution in [2.45, 2.75) is 13.3 Å². The van der Waals surface area contributed by atoms with Gasteiger partial charge in [0.1, 0.15) is 18.7 Å². The van der Waals surface area contributed by atoms with E-state index in [9.17, 15) is 4.39 Å². The molecule has 4 heteroatoms. The fourth-order valence-electron chi connectivity index (χ4n) is 4.76. The lowest BCUT2D eigenvalue weighted by atomic mass is 9.94. The maximum Gasteiger partial charge on any atom is 0.213 e. The predicted molar refractivity (Wildman–Crippen MR) is 121 cm³/mol. The first-order valence-corrected chi connectivity index (χ1v) is 10.5. The molecule has 0 bridgehead atoms. The van der Waals surface area contributed by atoms with E-state index in [1.54, 1.807) is 0 Å². The number of hydrogen-bond acceptors (Lipinski definition) is 1. The largest absolute Gasteiger partial charge is 0.296 e. The molecule has 0 amide bonds. The van der Waals surface area contributed by atoms with Gasteiger partial charge in [-0.25, -0.2) is 13.9 Å². The van der Waals surface area contributed by atoms with E-state index in [0.29, 0.717) is 0 Å². The van der Waals surface area contributed by atoms with E-state index < -0.39 is 0 Å². The van der Waals surface area contributed by atoms with Crippen LogP contribution in [0.5, 0.6) is 0 Å². The molecular weight excluding hydrogens is 385 g/mol. The van der Waals surface area contributed by atoms with Crippen molar-refractivity contribution in [3.63, 3.8) is 0 Å². The van der Waals surface area contributed by atoms with E-state index in [-0.39, 0.29) is 5.82 Å². The molecule has 5 aromatic rings. The summed E-state index contributed by atoms with van der Waals surface area (Å²) in [5.74, 6) is 0.865. The number of benzene rings is 3. The zero-order valence-corrected chi connectivity index (χ0v) is 17.4. The van der Waals surface area contributed by atoms with Crippen molar-refractivity contribution in [3.8, 4) is 28.1 Å². The van der Waals surface area contributed by atoms with Gasteiger partial charge in [-0.15, -0.1) is 0 Å². The minimum absolute atomic E-state index is 0.219. The normalized spacial score (nSPS) is 12.2. The highest BCUT2D eigenvalue weighted by Crippen LogP contribution is 2.39. The number of para-hydroxylation sites is 2. The van der Waals surface area contributed by atoms with Gasteiger partial charge in [0.05, 0.1) is 22.3 Å². The third-order valence-corrected chi connectivity index (χ3v) is 6.29. The zero-order valence-electron chi connectivity index (χ0n) is 17.4. The number of fused-ring (bicyclic) bond motifs is 5. The summed E-state index contributed by atoms with van der Waals surface area (Å²) >= 11 is 0. The summed E-state index contributed by atoms with van der Waals surface area (Å²) in [6.07, 6.45) is 2.89. The molecule has 0 unspecified atom stereocenters. The van der Waals surface area contributed by atoms with Crippen molar-refractivity contribution in [1.29, 1.82) is 0 Å². The van der Waals surface area contributed by atoms with Gasteiger partial charge in [-0.05, 0) is 59.5 Å². The molecule has 0 aliphatic carbocycles. The Hall–Kier alpha value is -3.79. The Balaban J connectivity index is 1.56. The molecule has 0 fully saturated rings. The van der Waals surface area contributed by atoms with Crippen molar-refractivity contribution in [2.75, 3.05) is 0 Å². The van der Waals surface area contributed by atoms with Crippen LogP contribution in [0.25, 0.3) is 39.1 Å². The van der Waals surface area contributed by atoms with E-state index in [4.69, 9.17) is 4.98 Å². The third kappa shape index (κ3) is 2.72. The van der Waals surface area contributed by atoms with Crippen LogP contribution in [0.15, 0.2) is 79.0 Å². The van der Waals surface area contributed by atoms with E-state index in [1.165, 1.54) is 34.5 Å². The van der Waals surface area contributed by atoms with Crippen molar-refractivity contribution in [1.82, 2.24) is 9.55 Å². The van der Waals surface area contributed by atoms with Gasteiger partial charge < -0.3 is 0 Å². The highest BCUT2D eigenvalue weighted by Gasteiger charge is 2.29. The van der Waals surface area contributed by atoms with Crippen LogP contribution in [0.4, 0.5) is 4.39 Å². The standard InChI is InChI=1S/C27H21FN3/c1-17-7-12-23-21(16-26-29-22-5-3-4-6-24(22)31(23)26)27(17)25-15-19(13-14-30(25)2)18-8-10-20(28)11-9-18/h3-15H,16H2,1-2H3/q+1. The maximum absolute atomic E-state index is 13.4. The van der Waals surface area contributed by atoms with Crippen LogP contribution >= 0.6 is 0 Å². The zero-order chi connectivity index (χ0) is 21.1. The van der Waals surface area contributed by atoms with Gasteiger partial charge in [0.2, 0.25) is 5.69 Å². The lowest BCUT2D eigenvalue weighted by Gasteiger charge is -2.12. The Labute approximate surface area is 180 Å². The molecule has 31 heavy (non-hydrogen) atoms. The molecule has 0 spiro atoms. The molecule has 0 N–H and O–H groups in total. The molecule has 0 radical (unpaired) electrons. The molecule has 150 valence electrons. The number of imidazole rings is 1. The SMILES string of the molecule is Cc1ccc2c(c1-c1cc(-c3ccc(F)cc3)cc[n+]1C)Cc1nc3ccccc3n1-2. The summed E-state index contributed by atoms with van der Waals surface area (Å²) in [5, 5.41) is 0. The summed E-state index contributed by atoms with van der Waals surface area (Å²) < 4.78 is 17.9. The van der Waals surface area contributed by atoms with Crippen LogP contribution in [0.3, 0.4) is 0 Å². The lowest BCUT2D eigenvalue weighted by molar-refractivity contribution is -0.660. The van der Waals surface area contributed by atoms with Gasteiger partial charge in [-0.3, -0.25) is 4.57 Å². The van der Waals surface area contributed by atoms with Crippen molar-refractivity contribution in [3.05, 3.63) is 102 Å². The molecule has 2 aromatic heterocycles. The minimum Gasteiger partial charge on any atom is -0.296 e. The van der Waals surface area contributed by atoms with Gasteiger partial charge in [0.15, 0.2) is 6.20 Å². The number of pyridine rings is 1.